The van der Waals surface area contributed by atoms with Gasteiger partial charge in [0.05, 0.1) is 17.4 Å². The third kappa shape index (κ3) is 1.92. The molecule has 1 heterocycles. The largest absolute Gasteiger partial charge is 0.324 e. The van der Waals surface area contributed by atoms with Gasteiger partial charge in [-0.05, 0) is 24.3 Å². The van der Waals surface area contributed by atoms with Crippen molar-refractivity contribution in [1.82, 2.24) is 9.55 Å². The third-order valence-corrected chi connectivity index (χ3v) is 3.06. The first-order valence-corrected chi connectivity index (χ1v) is 6.07. The van der Waals surface area contributed by atoms with Gasteiger partial charge in [0.25, 0.3) is 5.56 Å². The number of hydrogen-bond donors (Lipinski definition) is 1. The van der Waals surface area contributed by atoms with Crippen molar-refractivity contribution in [3.8, 4) is 5.69 Å². The van der Waals surface area contributed by atoms with Gasteiger partial charge in [-0.2, -0.15) is 4.98 Å². The van der Waals surface area contributed by atoms with Crippen molar-refractivity contribution in [2.45, 2.75) is 6.54 Å². The Balaban J connectivity index is 2.46. The smallest absolute Gasteiger partial charge is 0.280 e. The monoisotopic (exact) mass is 251 g/mol. The SMILES string of the molecule is NCc1nc(=O)c2ccccc2n1-c1ccccc1. The van der Waals surface area contributed by atoms with Crippen molar-refractivity contribution in [2.75, 3.05) is 0 Å². The molecule has 2 N–H and O–H groups in total. The van der Waals surface area contributed by atoms with Gasteiger partial charge < -0.3 is 5.73 Å². The Morgan fingerprint density at radius 2 is 1.68 bits per heavy atom. The molecule has 0 aliphatic heterocycles. The van der Waals surface area contributed by atoms with Crippen LogP contribution in [0.4, 0.5) is 0 Å². The summed E-state index contributed by atoms with van der Waals surface area (Å²) in [4.78, 5) is 16.0. The lowest BCUT2D eigenvalue weighted by Gasteiger charge is -2.14. The van der Waals surface area contributed by atoms with Gasteiger partial charge in [0.15, 0.2) is 0 Å². The van der Waals surface area contributed by atoms with Gasteiger partial charge >= 0.3 is 0 Å². The fourth-order valence-corrected chi connectivity index (χ4v) is 2.22. The fourth-order valence-electron chi connectivity index (χ4n) is 2.22. The molecule has 19 heavy (non-hydrogen) atoms. The van der Waals surface area contributed by atoms with E-state index in [0.29, 0.717) is 11.2 Å². The molecule has 3 rings (SSSR count). The van der Waals surface area contributed by atoms with Crippen LogP contribution in [0.3, 0.4) is 0 Å². The van der Waals surface area contributed by atoms with E-state index < -0.39 is 0 Å². The second kappa shape index (κ2) is 4.66. The van der Waals surface area contributed by atoms with E-state index in [0.717, 1.165) is 11.2 Å². The topological polar surface area (TPSA) is 60.9 Å². The minimum absolute atomic E-state index is 0.217. The molecule has 0 aliphatic carbocycles. The van der Waals surface area contributed by atoms with Crippen LogP contribution in [0.25, 0.3) is 16.6 Å². The van der Waals surface area contributed by atoms with E-state index >= 15 is 0 Å². The molecule has 4 heteroatoms. The average Bonchev–Trinajstić information content (AvgIpc) is 2.48. The molecule has 0 saturated carbocycles. The summed E-state index contributed by atoms with van der Waals surface area (Å²) in [6, 6.07) is 17.2. The standard InChI is InChI=1S/C15H13N3O/c16-10-14-17-15(19)12-8-4-5-9-13(12)18(14)11-6-2-1-3-7-11/h1-9H,10,16H2. The predicted molar refractivity (Wildman–Crippen MR) is 75.2 cm³/mol. The van der Waals surface area contributed by atoms with Crippen molar-refractivity contribution >= 4 is 10.9 Å². The van der Waals surface area contributed by atoms with Crippen LogP contribution in [0.15, 0.2) is 59.4 Å². The maximum Gasteiger partial charge on any atom is 0.280 e. The van der Waals surface area contributed by atoms with Gasteiger partial charge in [0, 0.05) is 5.69 Å². The van der Waals surface area contributed by atoms with Crippen LogP contribution in [0.5, 0.6) is 0 Å². The highest BCUT2D eigenvalue weighted by atomic mass is 16.1. The molecule has 0 amide bonds. The Hall–Kier alpha value is -2.46. The second-order valence-corrected chi connectivity index (χ2v) is 4.23. The quantitative estimate of drug-likeness (QED) is 0.756. The highest BCUT2D eigenvalue weighted by Gasteiger charge is 2.10. The second-order valence-electron chi connectivity index (χ2n) is 4.23. The molecule has 4 nitrogen and oxygen atoms in total. The molecule has 1 aromatic heterocycles. The van der Waals surface area contributed by atoms with Crippen molar-refractivity contribution in [3.05, 3.63) is 70.8 Å². The molecular weight excluding hydrogens is 238 g/mol. The zero-order valence-electron chi connectivity index (χ0n) is 10.3. The number of para-hydroxylation sites is 2. The lowest BCUT2D eigenvalue weighted by Crippen LogP contribution is -2.20. The average molecular weight is 251 g/mol. The van der Waals surface area contributed by atoms with Crippen molar-refractivity contribution in [2.24, 2.45) is 5.73 Å². The molecule has 3 aromatic rings. The minimum Gasteiger partial charge on any atom is -0.324 e. The van der Waals surface area contributed by atoms with Crippen LogP contribution >= 0.6 is 0 Å². The van der Waals surface area contributed by atoms with E-state index in [-0.39, 0.29) is 12.1 Å². The van der Waals surface area contributed by atoms with Crippen molar-refractivity contribution < 1.29 is 0 Å². The molecule has 0 atom stereocenters. The zero-order valence-corrected chi connectivity index (χ0v) is 10.3. The van der Waals surface area contributed by atoms with Gasteiger partial charge in [-0.1, -0.05) is 30.3 Å². The Bertz CT molecular complexity index is 778. The molecule has 0 radical (unpaired) electrons. The van der Waals surface area contributed by atoms with Crippen LogP contribution in [-0.4, -0.2) is 9.55 Å². The van der Waals surface area contributed by atoms with E-state index in [9.17, 15) is 4.79 Å². The Kier molecular flexibility index (Phi) is 2.85. The van der Waals surface area contributed by atoms with Crippen LogP contribution in [0.1, 0.15) is 5.82 Å². The number of hydrogen-bond acceptors (Lipinski definition) is 3. The first-order chi connectivity index (χ1) is 9.31. The summed E-state index contributed by atoms with van der Waals surface area (Å²) in [6.45, 7) is 0.217. The summed E-state index contributed by atoms with van der Waals surface area (Å²) in [5.41, 5.74) is 7.27. The first-order valence-electron chi connectivity index (χ1n) is 6.07. The van der Waals surface area contributed by atoms with Crippen LogP contribution < -0.4 is 11.3 Å². The van der Waals surface area contributed by atoms with Gasteiger partial charge in [-0.25, -0.2) is 0 Å². The number of benzene rings is 2. The lowest BCUT2D eigenvalue weighted by atomic mass is 10.2. The highest BCUT2D eigenvalue weighted by molar-refractivity contribution is 5.79. The Labute approximate surface area is 110 Å². The molecular formula is C15H13N3O. The third-order valence-electron chi connectivity index (χ3n) is 3.06. The maximum absolute atomic E-state index is 12.0. The molecule has 94 valence electrons. The molecule has 0 unspecified atom stereocenters. The van der Waals surface area contributed by atoms with E-state index in [4.69, 9.17) is 5.73 Å². The summed E-state index contributed by atoms with van der Waals surface area (Å²) in [7, 11) is 0. The Morgan fingerprint density at radius 3 is 2.42 bits per heavy atom. The maximum atomic E-state index is 12.0. The fraction of sp³-hybridized carbons (Fsp3) is 0.0667. The number of rotatable bonds is 2. The van der Waals surface area contributed by atoms with Crippen LogP contribution in [-0.2, 0) is 6.54 Å². The summed E-state index contributed by atoms with van der Waals surface area (Å²) < 4.78 is 1.93. The number of nitrogens with two attached hydrogens (primary N) is 1. The number of fused-ring (bicyclic) bond motifs is 1. The van der Waals surface area contributed by atoms with E-state index in [1.165, 1.54) is 0 Å². The lowest BCUT2D eigenvalue weighted by molar-refractivity contribution is 0.838. The van der Waals surface area contributed by atoms with Gasteiger partial charge in [-0.15, -0.1) is 0 Å². The van der Waals surface area contributed by atoms with Gasteiger partial charge in [0.2, 0.25) is 0 Å². The predicted octanol–water partition coefficient (Wildman–Crippen LogP) is 1.84. The molecule has 0 fully saturated rings. The first kappa shape index (κ1) is 11.6. The van der Waals surface area contributed by atoms with Gasteiger partial charge in [-0.3, -0.25) is 9.36 Å². The van der Waals surface area contributed by atoms with Crippen molar-refractivity contribution in [1.29, 1.82) is 0 Å². The normalized spacial score (nSPS) is 10.8. The number of nitrogens with zero attached hydrogens (tertiary/aromatic N) is 2. The van der Waals surface area contributed by atoms with Crippen molar-refractivity contribution in [3.63, 3.8) is 0 Å². The van der Waals surface area contributed by atoms with E-state index in [1.807, 2.05) is 53.1 Å². The van der Waals surface area contributed by atoms with Crippen LogP contribution in [0.2, 0.25) is 0 Å². The summed E-state index contributed by atoms with van der Waals surface area (Å²) in [5, 5.41) is 0.601. The van der Waals surface area contributed by atoms with E-state index in [2.05, 4.69) is 4.98 Å². The highest BCUT2D eigenvalue weighted by Crippen LogP contribution is 2.17. The summed E-state index contributed by atoms with van der Waals surface area (Å²) in [5.74, 6) is 0.565. The molecule has 2 aromatic carbocycles. The molecule has 0 saturated heterocycles. The van der Waals surface area contributed by atoms with E-state index in [1.54, 1.807) is 6.07 Å². The molecule has 0 bridgehead atoms. The Morgan fingerprint density at radius 1 is 1.00 bits per heavy atom. The zero-order chi connectivity index (χ0) is 13.2. The van der Waals surface area contributed by atoms with Crippen LogP contribution in [0, 0.1) is 0 Å². The molecule has 0 aliphatic rings. The molecule has 0 spiro atoms. The minimum atomic E-state index is -0.233. The summed E-state index contributed by atoms with van der Waals surface area (Å²) in [6.07, 6.45) is 0. The number of aromatic nitrogens is 2. The summed E-state index contributed by atoms with van der Waals surface area (Å²) >= 11 is 0. The van der Waals surface area contributed by atoms with Gasteiger partial charge in [0.1, 0.15) is 5.82 Å².